The van der Waals surface area contributed by atoms with E-state index in [-0.39, 0.29) is 17.1 Å². The zero-order valence-corrected chi connectivity index (χ0v) is 15.8. The molecule has 2 aliphatic rings. The number of benzene rings is 1. The molecular weight excluding hydrogens is 359 g/mol. The third-order valence-corrected chi connectivity index (χ3v) is 5.51. The molecule has 0 unspecified atom stereocenters. The van der Waals surface area contributed by atoms with E-state index in [0.717, 1.165) is 34.5 Å². The molecule has 6 heteroatoms. The molecule has 4 nitrogen and oxygen atoms in total. The molecule has 1 atom stereocenters. The molecule has 0 saturated heterocycles. The number of halogens is 2. The zero-order chi connectivity index (χ0) is 17.9. The van der Waals surface area contributed by atoms with E-state index in [0.29, 0.717) is 22.4 Å². The van der Waals surface area contributed by atoms with Crippen molar-refractivity contribution in [2.24, 2.45) is 5.41 Å². The highest BCUT2D eigenvalue weighted by Crippen LogP contribution is 2.51. The molecule has 2 heterocycles. The Morgan fingerprint density at radius 2 is 2.04 bits per heavy atom. The number of aromatic nitrogens is 1. The van der Waals surface area contributed by atoms with Crippen LogP contribution in [0.5, 0.6) is 0 Å². The summed E-state index contributed by atoms with van der Waals surface area (Å²) in [6, 6.07) is 5.39. The first-order valence-electron chi connectivity index (χ1n) is 8.21. The van der Waals surface area contributed by atoms with Crippen molar-refractivity contribution in [1.82, 2.24) is 5.16 Å². The van der Waals surface area contributed by atoms with Gasteiger partial charge in [-0.15, -0.1) is 0 Å². The minimum Gasteiger partial charge on any atom is -0.338 e. The van der Waals surface area contributed by atoms with Crippen molar-refractivity contribution in [3.05, 3.63) is 56.3 Å². The lowest BCUT2D eigenvalue weighted by molar-refractivity contribution is -0.118. The maximum atomic E-state index is 13.0. The quantitative estimate of drug-likeness (QED) is 0.714. The molecular formula is C19H18Cl2N2O2. The normalized spacial score (nSPS) is 21.6. The molecule has 1 N–H and O–H groups in total. The summed E-state index contributed by atoms with van der Waals surface area (Å²) in [5.74, 6) is 0.449. The van der Waals surface area contributed by atoms with Crippen LogP contribution in [0.1, 0.15) is 49.4 Å². The van der Waals surface area contributed by atoms with Crippen molar-refractivity contribution in [3.63, 3.8) is 0 Å². The Morgan fingerprint density at radius 3 is 2.76 bits per heavy atom. The number of nitrogens with one attached hydrogen (secondary N) is 1. The van der Waals surface area contributed by atoms with Crippen LogP contribution in [0.15, 0.2) is 34.0 Å². The summed E-state index contributed by atoms with van der Waals surface area (Å²) in [4.78, 5) is 13.0. The summed E-state index contributed by atoms with van der Waals surface area (Å²) >= 11 is 12.6. The Labute approximate surface area is 156 Å². The molecule has 0 fully saturated rings. The van der Waals surface area contributed by atoms with Gasteiger partial charge in [-0.3, -0.25) is 4.79 Å². The third-order valence-electron chi connectivity index (χ3n) is 4.94. The summed E-state index contributed by atoms with van der Waals surface area (Å²) in [6.07, 6.45) is 1.28. The van der Waals surface area contributed by atoms with Crippen LogP contribution in [0.25, 0.3) is 0 Å². The highest BCUT2D eigenvalue weighted by molar-refractivity contribution is 6.35. The molecule has 1 aromatic heterocycles. The second-order valence-corrected chi connectivity index (χ2v) is 8.41. The molecule has 4 rings (SSSR count). The summed E-state index contributed by atoms with van der Waals surface area (Å²) < 4.78 is 5.48. The van der Waals surface area contributed by atoms with Gasteiger partial charge in [-0.1, -0.05) is 48.3 Å². The smallest absolute Gasteiger partial charge is 0.233 e. The van der Waals surface area contributed by atoms with Crippen LogP contribution in [-0.2, 0) is 4.79 Å². The van der Waals surface area contributed by atoms with Gasteiger partial charge in [0.2, 0.25) is 5.88 Å². The number of ketones is 1. The Morgan fingerprint density at radius 1 is 1.28 bits per heavy atom. The van der Waals surface area contributed by atoms with Gasteiger partial charge in [0.25, 0.3) is 0 Å². The second kappa shape index (κ2) is 5.61. The maximum Gasteiger partial charge on any atom is 0.233 e. The molecule has 0 amide bonds. The Hall–Kier alpha value is -1.78. The van der Waals surface area contributed by atoms with Crippen LogP contribution in [0.2, 0.25) is 10.0 Å². The lowest BCUT2D eigenvalue weighted by Crippen LogP contribution is -2.33. The number of fused-ring (bicyclic) bond motifs is 1. The lowest BCUT2D eigenvalue weighted by Gasteiger charge is -2.37. The number of carbonyl (C=O) groups is 1. The Kier molecular flexibility index (Phi) is 3.74. The van der Waals surface area contributed by atoms with Gasteiger partial charge in [-0.2, -0.15) is 0 Å². The molecule has 0 saturated carbocycles. The average molecular weight is 377 g/mol. The summed E-state index contributed by atoms with van der Waals surface area (Å²) in [6.45, 7) is 6.08. The number of Topliss-reactive ketones (excluding diaryl/α,β-unsaturated/α-hetero) is 1. The van der Waals surface area contributed by atoms with Crippen LogP contribution in [-0.4, -0.2) is 10.9 Å². The van der Waals surface area contributed by atoms with Crippen molar-refractivity contribution in [2.75, 3.05) is 5.32 Å². The summed E-state index contributed by atoms with van der Waals surface area (Å²) in [5, 5.41) is 8.50. The number of carbonyl (C=O) groups excluding carboxylic acids is 1. The first-order chi connectivity index (χ1) is 11.8. The number of rotatable bonds is 1. The van der Waals surface area contributed by atoms with Crippen LogP contribution >= 0.6 is 23.2 Å². The van der Waals surface area contributed by atoms with Crippen molar-refractivity contribution >= 4 is 34.9 Å². The van der Waals surface area contributed by atoms with E-state index >= 15 is 0 Å². The maximum absolute atomic E-state index is 13.0. The monoisotopic (exact) mass is 376 g/mol. The summed E-state index contributed by atoms with van der Waals surface area (Å²) in [5.41, 5.74) is 4.05. The van der Waals surface area contributed by atoms with Crippen LogP contribution in [0.4, 0.5) is 5.88 Å². The van der Waals surface area contributed by atoms with Gasteiger partial charge in [0.15, 0.2) is 5.78 Å². The Balaban J connectivity index is 1.96. The number of nitrogens with zero attached hydrogens (tertiary/aromatic N) is 1. The minimum atomic E-state index is -0.286. The fourth-order valence-corrected chi connectivity index (χ4v) is 4.43. The van der Waals surface area contributed by atoms with Gasteiger partial charge >= 0.3 is 0 Å². The lowest BCUT2D eigenvalue weighted by atomic mass is 9.69. The Bertz CT molecular complexity index is 928. The number of hydrogen-bond acceptors (Lipinski definition) is 4. The number of anilines is 1. The highest BCUT2D eigenvalue weighted by atomic mass is 35.5. The van der Waals surface area contributed by atoms with E-state index < -0.39 is 0 Å². The molecule has 25 heavy (non-hydrogen) atoms. The molecule has 1 aliphatic heterocycles. The minimum absolute atomic E-state index is 0.0934. The van der Waals surface area contributed by atoms with E-state index in [1.165, 1.54) is 0 Å². The topological polar surface area (TPSA) is 55.1 Å². The van der Waals surface area contributed by atoms with Crippen LogP contribution < -0.4 is 5.32 Å². The van der Waals surface area contributed by atoms with E-state index in [1.807, 2.05) is 13.0 Å². The first kappa shape index (κ1) is 16.7. The van der Waals surface area contributed by atoms with Crippen molar-refractivity contribution < 1.29 is 9.32 Å². The SMILES string of the molecule is Cc1noc2c1[C@H](c1ccc(Cl)cc1Cl)C1=C(CC(C)(C)CC1=O)N2. The molecule has 1 aromatic carbocycles. The average Bonchev–Trinajstić information content (AvgIpc) is 2.85. The number of allylic oxidation sites excluding steroid dienone is 2. The standard InChI is InChI=1S/C19H18Cl2N2O2/c1-9-15-16(11-5-4-10(20)6-12(11)21)17-13(22-18(15)25-23-9)7-19(2,3)8-14(17)24/h4-6,16,22H,7-8H2,1-3H3/t16-/m0/s1. The third kappa shape index (κ3) is 2.68. The fraction of sp³-hybridized carbons (Fsp3) is 0.368. The first-order valence-corrected chi connectivity index (χ1v) is 8.97. The van der Waals surface area contributed by atoms with Gasteiger partial charge in [0.05, 0.1) is 11.3 Å². The van der Waals surface area contributed by atoms with Gasteiger partial charge in [0, 0.05) is 33.7 Å². The van der Waals surface area contributed by atoms with Gasteiger partial charge < -0.3 is 9.84 Å². The molecule has 0 radical (unpaired) electrons. The van der Waals surface area contributed by atoms with Crippen LogP contribution in [0, 0.1) is 12.3 Å². The van der Waals surface area contributed by atoms with Gasteiger partial charge in [0.1, 0.15) is 0 Å². The van der Waals surface area contributed by atoms with Crippen LogP contribution in [0.3, 0.4) is 0 Å². The number of aryl methyl sites for hydroxylation is 1. The van der Waals surface area contributed by atoms with E-state index in [9.17, 15) is 4.79 Å². The zero-order valence-electron chi connectivity index (χ0n) is 14.2. The predicted octanol–water partition coefficient (Wildman–Crippen LogP) is 5.49. The molecule has 0 spiro atoms. The predicted molar refractivity (Wildman–Crippen MR) is 98.2 cm³/mol. The highest BCUT2D eigenvalue weighted by Gasteiger charge is 2.43. The van der Waals surface area contributed by atoms with E-state index in [4.69, 9.17) is 27.7 Å². The van der Waals surface area contributed by atoms with Gasteiger partial charge in [-0.05, 0) is 36.5 Å². The van der Waals surface area contributed by atoms with Crippen molar-refractivity contribution in [3.8, 4) is 0 Å². The summed E-state index contributed by atoms with van der Waals surface area (Å²) in [7, 11) is 0. The second-order valence-electron chi connectivity index (χ2n) is 7.57. The van der Waals surface area contributed by atoms with Gasteiger partial charge in [-0.25, -0.2) is 0 Å². The fourth-order valence-electron chi connectivity index (χ4n) is 3.92. The number of hydrogen-bond donors (Lipinski definition) is 1. The molecule has 130 valence electrons. The van der Waals surface area contributed by atoms with E-state index in [1.54, 1.807) is 12.1 Å². The van der Waals surface area contributed by atoms with Crippen molar-refractivity contribution in [2.45, 2.75) is 39.5 Å². The molecule has 0 bridgehead atoms. The van der Waals surface area contributed by atoms with E-state index in [2.05, 4.69) is 24.3 Å². The molecule has 2 aromatic rings. The molecule has 1 aliphatic carbocycles. The largest absolute Gasteiger partial charge is 0.338 e. The van der Waals surface area contributed by atoms with Crippen molar-refractivity contribution in [1.29, 1.82) is 0 Å².